The Morgan fingerprint density at radius 2 is 0.864 bits per heavy atom. The number of carbonyl (C=O) groups is 2. The molecule has 0 amide bonds. The molecule has 0 spiro atoms. The summed E-state index contributed by atoms with van der Waals surface area (Å²) >= 11 is 0. The average molecular weight is 947 g/mol. The van der Waals surface area contributed by atoms with Gasteiger partial charge in [-0.3, -0.25) is 18.6 Å². The number of carbonyl (C=O) groups excluding carboxylic acids is 2. The highest BCUT2D eigenvalue weighted by atomic mass is 31.2. The van der Waals surface area contributed by atoms with E-state index in [1.54, 1.807) is 0 Å². The highest BCUT2D eigenvalue weighted by Gasteiger charge is 2.27. The summed E-state index contributed by atoms with van der Waals surface area (Å²) in [4.78, 5) is 35.6. The van der Waals surface area contributed by atoms with E-state index in [2.05, 4.69) is 86.8 Å². The van der Waals surface area contributed by atoms with Crippen molar-refractivity contribution in [3.63, 3.8) is 0 Å². The molecule has 2 atom stereocenters. The van der Waals surface area contributed by atoms with Crippen molar-refractivity contribution in [2.75, 3.05) is 47.5 Å². The van der Waals surface area contributed by atoms with Gasteiger partial charge in [0.25, 0.3) is 0 Å². The van der Waals surface area contributed by atoms with Crippen molar-refractivity contribution in [2.24, 2.45) is 0 Å². The van der Waals surface area contributed by atoms with Gasteiger partial charge in [0.15, 0.2) is 6.10 Å². The van der Waals surface area contributed by atoms with Crippen LogP contribution < -0.4 is 0 Å². The summed E-state index contributed by atoms with van der Waals surface area (Å²) in [5.41, 5.74) is 0. The summed E-state index contributed by atoms with van der Waals surface area (Å²) in [5, 5.41) is 0. The largest absolute Gasteiger partial charge is 0.472 e. The van der Waals surface area contributed by atoms with E-state index in [9.17, 15) is 19.0 Å². The van der Waals surface area contributed by atoms with Crippen molar-refractivity contribution >= 4 is 19.8 Å². The number of unbranched alkanes of at least 4 members (excludes halogenated alkanes) is 22. The van der Waals surface area contributed by atoms with Gasteiger partial charge in [-0.15, -0.1) is 0 Å². The minimum atomic E-state index is -4.39. The van der Waals surface area contributed by atoms with Crippen LogP contribution in [0.4, 0.5) is 0 Å². The molecular weight excluding hydrogens is 846 g/mol. The number of hydrogen-bond acceptors (Lipinski definition) is 7. The number of likely N-dealkylation sites (N-methyl/N-ethyl adjacent to an activating group) is 1. The van der Waals surface area contributed by atoms with Gasteiger partial charge in [0.05, 0.1) is 27.7 Å². The minimum absolute atomic E-state index is 0.0242. The van der Waals surface area contributed by atoms with Crippen molar-refractivity contribution in [3.8, 4) is 0 Å². The molecule has 1 N–H and O–H groups in total. The van der Waals surface area contributed by atoms with Crippen molar-refractivity contribution in [1.82, 2.24) is 0 Å². The van der Waals surface area contributed by atoms with Crippen LogP contribution in [0, 0.1) is 0 Å². The van der Waals surface area contributed by atoms with Crippen LogP contribution in [0.2, 0.25) is 0 Å². The van der Waals surface area contributed by atoms with E-state index in [1.165, 1.54) is 103 Å². The first kappa shape index (κ1) is 63.5. The molecule has 0 aliphatic rings. The summed E-state index contributed by atoms with van der Waals surface area (Å²) in [6.07, 6.45) is 61.0. The molecule has 0 aromatic rings. The Morgan fingerprint density at radius 3 is 1.30 bits per heavy atom. The van der Waals surface area contributed by atoms with Gasteiger partial charge in [-0.1, -0.05) is 196 Å². The Morgan fingerprint density at radius 1 is 0.485 bits per heavy atom. The fourth-order valence-corrected chi connectivity index (χ4v) is 7.84. The molecule has 2 unspecified atom stereocenters. The first-order valence-corrected chi connectivity index (χ1v) is 28.2. The van der Waals surface area contributed by atoms with Gasteiger partial charge in [-0.2, -0.15) is 0 Å². The summed E-state index contributed by atoms with van der Waals surface area (Å²) in [6, 6.07) is 0. The molecule has 0 aromatic heterocycles. The number of phosphoric ester groups is 1. The zero-order valence-corrected chi connectivity index (χ0v) is 44.1. The molecule has 0 radical (unpaired) electrons. The van der Waals surface area contributed by atoms with Gasteiger partial charge in [-0.25, -0.2) is 4.57 Å². The molecule has 9 nitrogen and oxygen atoms in total. The maximum absolute atomic E-state index is 12.8. The third kappa shape index (κ3) is 50.9. The second-order valence-corrected chi connectivity index (χ2v) is 20.3. The lowest BCUT2D eigenvalue weighted by Crippen LogP contribution is -2.37. The second kappa shape index (κ2) is 47.5. The highest BCUT2D eigenvalue weighted by molar-refractivity contribution is 7.47. The van der Waals surface area contributed by atoms with Crippen LogP contribution in [-0.4, -0.2) is 74.9 Å². The smallest absolute Gasteiger partial charge is 0.462 e. The summed E-state index contributed by atoms with van der Waals surface area (Å²) < 4.78 is 34.5. The number of phosphoric acid groups is 1. The quantitative estimate of drug-likeness (QED) is 0.0211. The molecule has 0 saturated heterocycles. The van der Waals surface area contributed by atoms with E-state index in [0.29, 0.717) is 17.4 Å². The Bertz CT molecular complexity index is 1350. The van der Waals surface area contributed by atoms with E-state index in [0.717, 1.165) is 83.5 Å². The van der Waals surface area contributed by atoms with Gasteiger partial charge >= 0.3 is 19.8 Å². The van der Waals surface area contributed by atoms with Gasteiger partial charge in [0.1, 0.15) is 19.8 Å². The topological polar surface area (TPSA) is 108 Å². The molecule has 0 saturated carbocycles. The molecule has 0 bridgehead atoms. The van der Waals surface area contributed by atoms with Crippen molar-refractivity contribution < 1.29 is 42.1 Å². The zero-order chi connectivity index (χ0) is 48.5. The van der Waals surface area contributed by atoms with Crippen molar-refractivity contribution in [3.05, 3.63) is 72.9 Å². The van der Waals surface area contributed by atoms with E-state index in [-0.39, 0.29) is 32.0 Å². The minimum Gasteiger partial charge on any atom is -0.462 e. The van der Waals surface area contributed by atoms with Crippen LogP contribution >= 0.6 is 7.82 Å². The van der Waals surface area contributed by atoms with Crippen LogP contribution in [-0.2, 0) is 32.7 Å². The lowest BCUT2D eigenvalue weighted by Gasteiger charge is -2.24. The maximum Gasteiger partial charge on any atom is 0.472 e. The van der Waals surface area contributed by atoms with Gasteiger partial charge in [0, 0.05) is 12.8 Å². The lowest BCUT2D eigenvalue weighted by atomic mass is 10.1. The molecule has 0 fully saturated rings. The number of quaternary nitrogens is 1. The number of rotatable bonds is 48. The Balaban J connectivity index is 4.28. The number of nitrogens with zero attached hydrogens (tertiary/aromatic N) is 1. The summed E-state index contributed by atoms with van der Waals surface area (Å²) in [6.45, 7) is 4.30. The first-order valence-electron chi connectivity index (χ1n) is 26.7. The third-order valence-electron chi connectivity index (χ3n) is 11.2. The SMILES string of the molecule is CC/C=C\C/C=C\C/C=C\C/C=C\C/C=C\CCCCCCCC(=O)OC(COC(=O)CCCCCCCCCCC/C=C\CCCCCCCCCC)COP(=O)(O)OCC[N+](C)(C)C. The lowest BCUT2D eigenvalue weighted by molar-refractivity contribution is -0.870. The van der Waals surface area contributed by atoms with Gasteiger partial charge < -0.3 is 18.9 Å². The van der Waals surface area contributed by atoms with Crippen molar-refractivity contribution in [1.29, 1.82) is 0 Å². The van der Waals surface area contributed by atoms with Crippen LogP contribution in [0.1, 0.15) is 219 Å². The van der Waals surface area contributed by atoms with Crippen LogP contribution in [0.3, 0.4) is 0 Å². The van der Waals surface area contributed by atoms with Crippen molar-refractivity contribution in [2.45, 2.75) is 225 Å². The highest BCUT2D eigenvalue weighted by Crippen LogP contribution is 2.43. The second-order valence-electron chi connectivity index (χ2n) is 18.9. The fraction of sp³-hybridized carbons (Fsp3) is 0.750. The Hall–Kier alpha value is -2.55. The normalized spacial score (nSPS) is 14.0. The molecule has 0 aliphatic heterocycles. The maximum atomic E-state index is 12.8. The van der Waals surface area contributed by atoms with Gasteiger partial charge in [0.2, 0.25) is 0 Å². The standard InChI is InChI=1S/C56H100NO8P/c1-6-8-10-12-14-16-18-20-22-24-26-28-30-32-34-36-38-40-42-44-46-48-55(58)62-52-54(53-64-66(60,61)63-51-50-57(3,4)5)65-56(59)49-47-45-43-41-39-37-35-33-31-29-27-25-23-21-19-17-15-13-11-9-7-2/h9,11,15,17,21,23-24,26-27,29,33,35,54H,6-8,10,12-14,16,18-20,22,25,28,30-32,34,36-53H2,1-5H3/p+1/b11-9-,17-15-,23-21-,26-24-,29-27-,35-33-. The third-order valence-corrected chi connectivity index (χ3v) is 12.2. The fourth-order valence-electron chi connectivity index (χ4n) is 7.09. The molecule has 66 heavy (non-hydrogen) atoms. The molecule has 0 rings (SSSR count). The summed E-state index contributed by atoms with van der Waals surface area (Å²) in [5.74, 6) is -0.822. The first-order chi connectivity index (χ1) is 32.0. The van der Waals surface area contributed by atoms with Crippen LogP contribution in [0.25, 0.3) is 0 Å². The van der Waals surface area contributed by atoms with E-state index < -0.39 is 26.5 Å². The van der Waals surface area contributed by atoms with Gasteiger partial charge in [-0.05, 0) is 83.5 Å². The molecule has 382 valence electrons. The zero-order valence-electron chi connectivity index (χ0n) is 43.2. The molecule has 0 aliphatic carbocycles. The Kier molecular flexibility index (Phi) is 45.7. The molecule has 10 heteroatoms. The number of esters is 2. The number of ether oxygens (including phenoxy) is 2. The molecule has 0 aromatic carbocycles. The average Bonchev–Trinajstić information content (AvgIpc) is 3.27. The predicted octanol–water partition coefficient (Wildman–Crippen LogP) is 16.1. The van der Waals surface area contributed by atoms with E-state index >= 15 is 0 Å². The van der Waals surface area contributed by atoms with Crippen LogP contribution in [0.5, 0.6) is 0 Å². The number of allylic oxidation sites excluding steroid dienone is 12. The number of hydrogen-bond donors (Lipinski definition) is 1. The van der Waals surface area contributed by atoms with E-state index in [4.69, 9.17) is 18.5 Å². The Labute approximate surface area is 406 Å². The van der Waals surface area contributed by atoms with E-state index in [1.807, 2.05) is 21.1 Å². The monoisotopic (exact) mass is 947 g/mol. The predicted molar refractivity (Wildman–Crippen MR) is 279 cm³/mol. The molecular formula is C56H101NO8P+. The van der Waals surface area contributed by atoms with Crippen LogP contribution in [0.15, 0.2) is 72.9 Å². The summed E-state index contributed by atoms with van der Waals surface area (Å²) in [7, 11) is 1.45. The molecule has 0 heterocycles.